The average molecular weight is 513 g/mol. The third-order valence-corrected chi connectivity index (χ3v) is 6.07. The van der Waals surface area contributed by atoms with Crippen LogP contribution in [0.4, 0.5) is 4.39 Å². The smallest absolute Gasteiger partial charge is 0.328 e. The third-order valence-electron chi connectivity index (χ3n) is 5.76. The summed E-state index contributed by atoms with van der Waals surface area (Å²) < 4.78 is 30.2. The number of ether oxygens (including phenoxy) is 3. The quantitative estimate of drug-likeness (QED) is 0.316. The van der Waals surface area contributed by atoms with Crippen molar-refractivity contribution < 1.29 is 28.5 Å². The topological polar surface area (TPSA) is 89.9 Å². The molecule has 0 radical (unpaired) electrons. The minimum Gasteiger partial charge on any atom is -0.503 e. The monoisotopic (exact) mass is 512 g/mol. The maximum Gasteiger partial charge on any atom is 0.328 e. The first-order valence-corrected chi connectivity index (χ1v) is 11.7. The van der Waals surface area contributed by atoms with Crippen LogP contribution >= 0.6 is 12.2 Å². The highest BCUT2D eigenvalue weighted by molar-refractivity contribution is 7.80. The van der Waals surface area contributed by atoms with Crippen molar-refractivity contribution in [2.24, 2.45) is 0 Å². The second kappa shape index (κ2) is 11.8. The number of aromatic nitrogens is 1. The van der Waals surface area contributed by atoms with Crippen LogP contribution < -0.4 is 14.8 Å². The zero-order valence-corrected chi connectivity index (χ0v) is 21.6. The molecule has 0 spiro atoms. The zero-order chi connectivity index (χ0) is 26.4. The van der Waals surface area contributed by atoms with E-state index in [9.17, 15) is 14.3 Å². The fraction of sp³-hybridized carbons (Fsp3) is 0.296. The summed E-state index contributed by atoms with van der Waals surface area (Å²) in [6.45, 7) is 5.34. The van der Waals surface area contributed by atoms with Gasteiger partial charge in [-0.05, 0) is 32.4 Å². The lowest BCUT2D eigenvalue weighted by Crippen LogP contribution is -2.41. The number of aryl methyl sites for hydroxylation is 1. The number of halogens is 1. The Labute approximate surface area is 215 Å². The Kier molecular flexibility index (Phi) is 8.82. The minimum absolute atomic E-state index is 0.0683. The number of hydrogen-bond acceptors (Lipinski definition) is 7. The molecule has 0 aliphatic heterocycles. The van der Waals surface area contributed by atoms with E-state index in [2.05, 4.69) is 10.3 Å². The Hall–Kier alpha value is -3.72. The molecule has 3 rings (SSSR count). The van der Waals surface area contributed by atoms with E-state index >= 15 is 0 Å². The third kappa shape index (κ3) is 6.09. The second-order valence-corrected chi connectivity index (χ2v) is 8.73. The van der Waals surface area contributed by atoms with Gasteiger partial charge in [0.25, 0.3) is 0 Å². The van der Waals surface area contributed by atoms with Gasteiger partial charge >= 0.3 is 5.97 Å². The van der Waals surface area contributed by atoms with Crippen LogP contribution in [0.2, 0.25) is 0 Å². The minimum atomic E-state index is -0.846. The van der Waals surface area contributed by atoms with E-state index in [0.717, 1.165) is 11.1 Å². The molecule has 3 atom stereocenters. The van der Waals surface area contributed by atoms with Gasteiger partial charge in [0, 0.05) is 29.8 Å². The molecule has 0 saturated heterocycles. The first-order valence-electron chi connectivity index (χ1n) is 11.3. The van der Waals surface area contributed by atoms with Gasteiger partial charge in [-0.1, -0.05) is 48.1 Å². The van der Waals surface area contributed by atoms with E-state index in [1.165, 1.54) is 38.6 Å². The van der Waals surface area contributed by atoms with Crippen molar-refractivity contribution in [3.05, 3.63) is 82.9 Å². The second-order valence-electron chi connectivity index (χ2n) is 8.32. The summed E-state index contributed by atoms with van der Waals surface area (Å²) in [5.74, 6) is -1.07. The molecular weight excluding hydrogens is 483 g/mol. The van der Waals surface area contributed by atoms with Gasteiger partial charge in [-0.15, -0.1) is 0 Å². The SMILES string of the molecule is COc1cc(F)ccc1[C@H](c1ccc(C)cc1)[C@H](C)OC(=O)[C@H](C)NC(=S)c1nccc(OC)c1O. The molecule has 9 heteroatoms. The highest BCUT2D eigenvalue weighted by Crippen LogP contribution is 2.36. The van der Waals surface area contributed by atoms with Crippen molar-refractivity contribution in [1.29, 1.82) is 0 Å². The van der Waals surface area contributed by atoms with Crippen molar-refractivity contribution in [3.63, 3.8) is 0 Å². The summed E-state index contributed by atoms with van der Waals surface area (Å²) in [7, 11) is 2.88. The van der Waals surface area contributed by atoms with Crippen molar-refractivity contribution >= 4 is 23.2 Å². The van der Waals surface area contributed by atoms with Crippen LogP contribution in [-0.4, -0.2) is 47.4 Å². The van der Waals surface area contributed by atoms with Gasteiger partial charge in [0.2, 0.25) is 0 Å². The molecule has 0 amide bonds. The molecule has 0 aliphatic rings. The molecule has 36 heavy (non-hydrogen) atoms. The molecule has 2 N–H and O–H groups in total. The van der Waals surface area contributed by atoms with Gasteiger partial charge in [-0.25, -0.2) is 14.2 Å². The molecule has 3 aromatic rings. The van der Waals surface area contributed by atoms with Crippen LogP contribution in [0.3, 0.4) is 0 Å². The van der Waals surface area contributed by atoms with E-state index in [0.29, 0.717) is 11.3 Å². The Morgan fingerprint density at radius 3 is 2.36 bits per heavy atom. The van der Waals surface area contributed by atoms with Gasteiger partial charge in [0.15, 0.2) is 11.5 Å². The summed E-state index contributed by atoms with van der Waals surface area (Å²) in [6, 6.07) is 12.8. The molecule has 7 nitrogen and oxygen atoms in total. The van der Waals surface area contributed by atoms with Gasteiger partial charge in [0.05, 0.1) is 14.2 Å². The van der Waals surface area contributed by atoms with Crippen LogP contribution in [0, 0.1) is 12.7 Å². The van der Waals surface area contributed by atoms with E-state index in [1.807, 2.05) is 31.2 Å². The molecular formula is C27H29FN2O5S. The normalized spacial score (nSPS) is 13.3. The summed E-state index contributed by atoms with van der Waals surface area (Å²) in [5, 5.41) is 13.2. The maximum absolute atomic E-state index is 13.9. The average Bonchev–Trinajstić information content (AvgIpc) is 2.86. The van der Waals surface area contributed by atoms with E-state index < -0.39 is 29.9 Å². The van der Waals surface area contributed by atoms with Crippen molar-refractivity contribution in [2.45, 2.75) is 38.8 Å². The van der Waals surface area contributed by atoms with Gasteiger partial charge < -0.3 is 24.6 Å². The van der Waals surface area contributed by atoms with E-state index in [4.69, 9.17) is 26.4 Å². The van der Waals surface area contributed by atoms with Gasteiger partial charge in [0.1, 0.15) is 34.4 Å². The van der Waals surface area contributed by atoms with Gasteiger partial charge in [-0.3, -0.25) is 0 Å². The number of rotatable bonds is 9. The van der Waals surface area contributed by atoms with Crippen LogP contribution in [0.1, 0.15) is 42.1 Å². The fourth-order valence-corrected chi connectivity index (χ4v) is 4.19. The Bertz CT molecular complexity index is 1240. The summed E-state index contributed by atoms with van der Waals surface area (Å²) in [6.07, 6.45) is 0.801. The largest absolute Gasteiger partial charge is 0.503 e. The highest BCUT2D eigenvalue weighted by atomic mass is 32.1. The first kappa shape index (κ1) is 26.9. The van der Waals surface area contributed by atoms with Crippen LogP contribution in [0.5, 0.6) is 17.2 Å². The van der Waals surface area contributed by atoms with Crippen molar-refractivity contribution in [2.75, 3.05) is 14.2 Å². The molecule has 2 aromatic carbocycles. The standard InChI is InChI=1S/C27H29FN2O5S/c1-15-6-8-18(9-7-15)23(20-11-10-19(28)14-22(20)34-5)17(3)35-27(32)16(2)30-26(36)24-25(31)21(33-4)12-13-29-24/h6-14,16-17,23,31H,1-5H3,(H,30,36)/t16-,17-,23-/m0/s1. The molecule has 0 saturated carbocycles. The number of aromatic hydroxyl groups is 1. The maximum atomic E-state index is 13.9. The summed E-state index contributed by atoms with van der Waals surface area (Å²) in [4.78, 5) is 17.2. The van der Waals surface area contributed by atoms with Crippen molar-refractivity contribution in [3.8, 4) is 17.2 Å². The Balaban J connectivity index is 1.82. The molecule has 0 aliphatic carbocycles. The Morgan fingerprint density at radius 1 is 1.06 bits per heavy atom. The number of hydrogen-bond donors (Lipinski definition) is 2. The predicted octanol–water partition coefficient (Wildman–Crippen LogP) is 4.67. The number of carbonyl (C=O) groups excluding carboxylic acids is 1. The number of nitrogens with one attached hydrogen (secondary N) is 1. The first-order chi connectivity index (χ1) is 17.2. The predicted molar refractivity (Wildman–Crippen MR) is 138 cm³/mol. The van der Waals surface area contributed by atoms with E-state index in [-0.39, 0.29) is 22.2 Å². The number of esters is 1. The van der Waals surface area contributed by atoms with Crippen molar-refractivity contribution in [1.82, 2.24) is 10.3 Å². The van der Waals surface area contributed by atoms with Crippen LogP contribution in [0.25, 0.3) is 0 Å². The number of pyridine rings is 1. The zero-order valence-electron chi connectivity index (χ0n) is 20.7. The fourth-order valence-electron chi connectivity index (χ4n) is 3.86. The summed E-state index contributed by atoms with van der Waals surface area (Å²) in [5.41, 5.74) is 2.73. The number of carbonyl (C=O) groups is 1. The molecule has 0 unspecified atom stereocenters. The number of benzene rings is 2. The van der Waals surface area contributed by atoms with Crippen LogP contribution in [-0.2, 0) is 9.53 Å². The summed E-state index contributed by atoms with van der Waals surface area (Å²) >= 11 is 5.34. The number of methoxy groups -OCH3 is 2. The van der Waals surface area contributed by atoms with Crippen LogP contribution in [0.15, 0.2) is 54.7 Å². The number of thiocarbonyl (C=S) groups is 1. The molecule has 0 fully saturated rings. The van der Waals surface area contributed by atoms with E-state index in [1.54, 1.807) is 19.9 Å². The lowest BCUT2D eigenvalue weighted by molar-refractivity contribution is -0.150. The molecule has 1 aromatic heterocycles. The van der Waals surface area contributed by atoms with Gasteiger partial charge in [-0.2, -0.15) is 0 Å². The molecule has 190 valence electrons. The molecule has 0 bridgehead atoms. The number of nitrogens with zero attached hydrogens (tertiary/aromatic N) is 1. The Morgan fingerprint density at radius 2 is 1.72 bits per heavy atom. The highest BCUT2D eigenvalue weighted by Gasteiger charge is 2.30. The lowest BCUT2D eigenvalue weighted by atomic mass is 9.86. The lowest BCUT2D eigenvalue weighted by Gasteiger charge is -2.28. The molecule has 1 heterocycles.